The summed E-state index contributed by atoms with van der Waals surface area (Å²) in [4.78, 5) is 24.7. The first kappa shape index (κ1) is 18.1. The summed E-state index contributed by atoms with van der Waals surface area (Å²) in [5.41, 5.74) is 6.94. The molecule has 2 fully saturated rings. The van der Waals surface area contributed by atoms with Crippen molar-refractivity contribution in [3.8, 4) is 6.07 Å². The molecule has 1 amide bonds. The van der Waals surface area contributed by atoms with E-state index in [4.69, 9.17) is 5.73 Å². The number of hydrogen-bond acceptors (Lipinski definition) is 6. The van der Waals surface area contributed by atoms with Gasteiger partial charge in [0.15, 0.2) is 0 Å². The molecule has 1 aromatic rings. The van der Waals surface area contributed by atoms with Gasteiger partial charge in [-0.05, 0) is 31.2 Å². The highest BCUT2D eigenvalue weighted by atomic mass is 16.6. The normalized spacial score (nSPS) is 21.4. The Morgan fingerprint density at radius 2 is 2.12 bits per heavy atom. The van der Waals surface area contributed by atoms with Crippen LogP contribution in [0.25, 0.3) is 0 Å². The fourth-order valence-corrected chi connectivity index (χ4v) is 3.93. The Balaban J connectivity index is 1.62. The molecule has 2 atom stereocenters. The van der Waals surface area contributed by atoms with Crippen molar-refractivity contribution in [1.82, 2.24) is 5.32 Å². The van der Waals surface area contributed by atoms with Crippen LogP contribution in [0.1, 0.15) is 37.7 Å². The highest BCUT2D eigenvalue weighted by molar-refractivity contribution is 5.82. The van der Waals surface area contributed by atoms with Crippen molar-refractivity contribution in [3.05, 3.63) is 33.9 Å². The summed E-state index contributed by atoms with van der Waals surface area (Å²) in [6.45, 7) is 1.24. The Morgan fingerprint density at radius 1 is 1.38 bits per heavy atom. The third-order valence-corrected chi connectivity index (χ3v) is 5.40. The molecule has 0 unspecified atom stereocenters. The number of carbonyl (C=O) groups excluding carboxylic acids is 1. The third-order valence-electron chi connectivity index (χ3n) is 5.40. The number of non-ortho nitro benzene ring substituents is 1. The van der Waals surface area contributed by atoms with Crippen LogP contribution in [0.3, 0.4) is 0 Å². The van der Waals surface area contributed by atoms with E-state index >= 15 is 0 Å². The zero-order chi connectivity index (χ0) is 18.7. The number of carbonyl (C=O) groups is 1. The van der Waals surface area contributed by atoms with Gasteiger partial charge in [0.1, 0.15) is 6.07 Å². The molecule has 0 spiro atoms. The van der Waals surface area contributed by atoms with Gasteiger partial charge in [-0.3, -0.25) is 14.9 Å². The van der Waals surface area contributed by atoms with Gasteiger partial charge in [0.25, 0.3) is 5.69 Å². The van der Waals surface area contributed by atoms with Gasteiger partial charge < -0.3 is 16.0 Å². The molecular weight excluding hydrogens is 334 g/mol. The van der Waals surface area contributed by atoms with E-state index in [2.05, 4.69) is 5.32 Å². The smallest absolute Gasteiger partial charge is 0.270 e. The fourth-order valence-electron chi connectivity index (χ4n) is 3.93. The zero-order valence-electron chi connectivity index (χ0n) is 14.6. The van der Waals surface area contributed by atoms with Crippen molar-refractivity contribution < 1.29 is 9.72 Å². The van der Waals surface area contributed by atoms with Crippen molar-refractivity contribution in [2.24, 2.45) is 11.7 Å². The molecule has 1 saturated carbocycles. The lowest BCUT2D eigenvalue weighted by Gasteiger charge is -2.22. The van der Waals surface area contributed by atoms with E-state index in [0.717, 1.165) is 32.1 Å². The number of anilines is 1. The first-order chi connectivity index (χ1) is 12.5. The van der Waals surface area contributed by atoms with Crippen LogP contribution in [0.5, 0.6) is 0 Å². The molecule has 0 radical (unpaired) electrons. The lowest BCUT2D eigenvalue weighted by molar-refractivity contribution is -0.384. The molecule has 1 aliphatic heterocycles. The minimum atomic E-state index is -0.512. The summed E-state index contributed by atoms with van der Waals surface area (Å²) < 4.78 is 0. The second-order valence-electron chi connectivity index (χ2n) is 7.08. The van der Waals surface area contributed by atoms with E-state index in [1.807, 2.05) is 11.0 Å². The maximum atomic E-state index is 12.4. The zero-order valence-corrected chi connectivity index (χ0v) is 14.6. The molecule has 26 heavy (non-hydrogen) atoms. The Morgan fingerprint density at radius 3 is 2.77 bits per heavy atom. The third kappa shape index (κ3) is 3.78. The quantitative estimate of drug-likeness (QED) is 0.610. The standard InChI is InChI=1S/C18H23N5O3/c19-10-13-9-15(23(25)26)5-6-16(13)22-8-7-14(11-22)21-18(24)17(20)12-3-1-2-4-12/h5-6,9,12,14,17H,1-4,7-8,11,20H2,(H,21,24)/t14-,17-/m0/s1. The predicted molar refractivity (Wildman–Crippen MR) is 96.5 cm³/mol. The first-order valence-corrected chi connectivity index (χ1v) is 8.99. The molecule has 8 heteroatoms. The van der Waals surface area contributed by atoms with Gasteiger partial charge in [-0.25, -0.2) is 0 Å². The summed E-state index contributed by atoms with van der Waals surface area (Å²) >= 11 is 0. The minimum Gasteiger partial charge on any atom is -0.368 e. The number of benzene rings is 1. The largest absolute Gasteiger partial charge is 0.368 e. The van der Waals surface area contributed by atoms with Crippen molar-refractivity contribution in [2.75, 3.05) is 18.0 Å². The van der Waals surface area contributed by atoms with Crippen molar-refractivity contribution in [2.45, 2.75) is 44.2 Å². The summed E-state index contributed by atoms with van der Waals surface area (Å²) in [7, 11) is 0. The van der Waals surface area contributed by atoms with E-state index < -0.39 is 11.0 Å². The number of nitrogens with zero attached hydrogens (tertiary/aromatic N) is 3. The van der Waals surface area contributed by atoms with E-state index in [1.54, 1.807) is 6.07 Å². The summed E-state index contributed by atoms with van der Waals surface area (Å²) in [5.74, 6) is 0.167. The maximum Gasteiger partial charge on any atom is 0.270 e. The molecule has 1 aromatic carbocycles. The lowest BCUT2D eigenvalue weighted by atomic mass is 9.98. The molecule has 0 aromatic heterocycles. The van der Waals surface area contributed by atoms with Crippen LogP contribution in [-0.2, 0) is 4.79 Å². The van der Waals surface area contributed by atoms with Crippen molar-refractivity contribution >= 4 is 17.3 Å². The van der Waals surface area contributed by atoms with E-state index in [-0.39, 0.29) is 29.1 Å². The number of nitriles is 1. The van der Waals surface area contributed by atoms with Gasteiger partial charge in [-0.1, -0.05) is 12.8 Å². The molecule has 0 bridgehead atoms. The van der Waals surface area contributed by atoms with E-state index in [0.29, 0.717) is 18.8 Å². The Labute approximate surface area is 152 Å². The predicted octanol–water partition coefficient (Wildman–Crippen LogP) is 1.68. The number of rotatable bonds is 5. The Bertz CT molecular complexity index is 739. The second kappa shape index (κ2) is 7.70. The molecule has 2 aliphatic rings. The monoisotopic (exact) mass is 357 g/mol. The number of hydrogen-bond donors (Lipinski definition) is 2. The van der Waals surface area contributed by atoms with E-state index in [9.17, 15) is 20.2 Å². The van der Waals surface area contributed by atoms with Crippen LogP contribution in [0, 0.1) is 27.4 Å². The van der Waals surface area contributed by atoms with Crippen LogP contribution in [0.2, 0.25) is 0 Å². The van der Waals surface area contributed by atoms with Gasteiger partial charge in [0.05, 0.1) is 22.2 Å². The van der Waals surface area contributed by atoms with Crippen LogP contribution in [-0.4, -0.2) is 36.0 Å². The molecule has 138 valence electrons. The summed E-state index contributed by atoms with van der Waals surface area (Å²) in [5, 5.41) is 23.2. The maximum absolute atomic E-state index is 12.4. The first-order valence-electron chi connectivity index (χ1n) is 8.99. The molecule has 1 saturated heterocycles. The number of nitrogens with one attached hydrogen (secondary N) is 1. The Hall–Kier alpha value is -2.66. The van der Waals surface area contributed by atoms with Crippen molar-refractivity contribution in [3.63, 3.8) is 0 Å². The van der Waals surface area contributed by atoms with Crippen LogP contribution < -0.4 is 16.0 Å². The Kier molecular flexibility index (Phi) is 5.38. The van der Waals surface area contributed by atoms with Gasteiger partial charge in [-0.15, -0.1) is 0 Å². The summed E-state index contributed by atoms with van der Waals surface area (Å²) in [6, 6.07) is 5.83. The topological polar surface area (TPSA) is 125 Å². The van der Waals surface area contributed by atoms with Gasteiger partial charge in [0, 0.05) is 31.3 Å². The summed E-state index contributed by atoms with van der Waals surface area (Å²) in [6.07, 6.45) is 5.06. The van der Waals surface area contributed by atoms with Gasteiger partial charge in [-0.2, -0.15) is 5.26 Å². The number of nitro groups is 1. The molecule has 3 N–H and O–H groups in total. The van der Waals surface area contributed by atoms with Crippen LogP contribution in [0.4, 0.5) is 11.4 Å². The number of nitro benzene ring substituents is 1. The molecule has 8 nitrogen and oxygen atoms in total. The second-order valence-corrected chi connectivity index (χ2v) is 7.08. The molecule has 1 heterocycles. The molecular formula is C18H23N5O3. The van der Waals surface area contributed by atoms with Gasteiger partial charge in [0.2, 0.25) is 5.91 Å². The number of amides is 1. The highest BCUT2D eigenvalue weighted by Gasteiger charge is 2.31. The average Bonchev–Trinajstić information content (AvgIpc) is 3.32. The molecule has 3 rings (SSSR count). The minimum absolute atomic E-state index is 0.0308. The van der Waals surface area contributed by atoms with Crippen LogP contribution >= 0.6 is 0 Å². The average molecular weight is 357 g/mol. The fraction of sp³-hybridized carbons (Fsp3) is 0.556. The number of nitrogens with two attached hydrogens (primary N) is 1. The SMILES string of the molecule is N#Cc1cc([N+](=O)[O-])ccc1N1CC[C@H](NC(=O)[C@@H](N)C2CCCC2)C1. The van der Waals surface area contributed by atoms with Crippen LogP contribution in [0.15, 0.2) is 18.2 Å². The van der Waals surface area contributed by atoms with Gasteiger partial charge >= 0.3 is 0 Å². The lowest BCUT2D eigenvalue weighted by Crippen LogP contribution is -2.49. The van der Waals surface area contributed by atoms with E-state index in [1.165, 1.54) is 12.1 Å². The van der Waals surface area contributed by atoms with Crippen molar-refractivity contribution in [1.29, 1.82) is 5.26 Å². The molecule has 1 aliphatic carbocycles. The highest BCUT2D eigenvalue weighted by Crippen LogP contribution is 2.29.